The molecule has 3 N–H and O–H groups in total. The molecule has 0 aliphatic rings. The molecule has 6 heteroatoms. The summed E-state index contributed by atoms with van der Waals surface area (Å²) in [5, 5.41) is 8.38. The van der Waals surface area contributed by atoms with E-state index in [9.17, 15) is 4.79 Å². The van der Waals surface area contributed by atoms with Gasteiger partial charge in [0.15, 0.2) is 0 Å². The number of aromatic nitrogens is 2. The Morgan fingerprint density at radius 1 is 1.53 bits per heavy atom. The van der Waals surface area contributed by atoms with Crippen LogP contribution in [0.5, 0.6) is 0 Å². The lowest BCUT2D eigenvalue weighted by atomic mass is 10.2. The van der Waals surface area contributed by atoms with Crippen molar-refractivity contribution in [2.45, 2.75) is 13.0 Å². The van der Waals surface area contributed by atoms with Crippen LogP contribution in [0.15, 0.2) is 36.7 Å². The van der Waals surface area contributed by atoms with Crippen molar-refractivity contribution in [3.05, 3.63) is 58.4 Å². The fourth-order valence-electron chi connectivity index (χ4n) is 1.84. The van der Waals surface area contributed by atoms with Gasteiger partial charge in [-0.2, -0.15) is 0 Å². The highest BCUT2D eigenvalue weighted by Crippen LogP contribution is 2.16. The fourth-order valence-corrected chi connectivity index (χ4v) is 2.05. The van der Waals surface area contributed by atoms with Crippen molar-refractivity contribution < 1.29 is 4.79 Å². The van der Waals surface area contributed by atoms with Gasteiger partial charge in [0.2, 0.25) is 0 Å². The third-order valence-electron chi connectivity index (χ3n) is 2.86. The maximum absolute atomic E-state index is 11.3. The molecule has 5 nitrogen and oxygen atoms in total. The van der Waals surface area contributed by atoms with Crippen LogP contribution in [-0.2, 0) is 0 Å². The summed E-state index contributed by atoms with van der Waals surface area (Å²) in [6.07, 6.45) is 3.27. The van der Waals surface area contributed by atoms with Crippen molar-refractivity contribution >= 4 is 17.5 Å². The lowest BCUT2D eigenvalue weighted by molar-refractivity contribution is 0.0997. The molecule has 0 bridgehead atoms. The Kier molecular flexibility index (Phi) is 3.66. The number of pyridine rings is 2. The van der Waals surface area contributed by atoms with Gasteiger partial charge < -0.3 is 10.3 Å². The van der Waals surface area contributed by atoms with E-state index in [1.54, 1.807) is 17.0 Å². The van der Waals surface area contributed by atoms with Gasteiger partial charge in [0.05, 0.1) is 22.3 Å². The number of hydrogen-bond donors (Lipinski definition) is 2. The van der Waals surface area contributed by atoms with Gasteiger partial charge in [-0.3, -0.25) is 15.2 Å². The number of carbonyl (C=O) groups is 1. The van der Waals surface area contributed by atoms with Crippen LogP contribution < -0.4 is 11.2 Å². The van der Waals surface area contributed by atoms with E-state index in [-0.39, 0.29) is 17.1 Å². The van der Waals surface area contributed by atoms with Crippen LogP contribution in [0.3, 0.4) is 0 Å². The number of nitrogens with two attached hydrogens (primary N) is 1. The highest BCUT2D eigenvalue weighted by Gasteiger charge is 2.14. The zero-order chi connectivity index (χ0) is 14.0. The summed E-state index contributed by atoms with van der Waals surface area (Å²) in [6.45, 7) is 1.88. The first-order valence-electron chi connectivity index (χ1n) is 5.67. The van der Waals surface area contributed by atoms with Crippen LogP contribution in [-0.4, -0.2) is 15.5 Å². The molecule has 0 aromatic carbocycles. The van der Waals surface area contributed by atoms with Crippen molar-refractivity contribution in [2.24, 2.45) is 5.73 Å². The van der Waals surface area contributed by atoms with Crippen LogP contribution in [0.2, 0.25) is 5.02 Å². The number of rotatable bonds is 3. The smallest absolute Gasteiger partial charge is 0.252 e. The Labute approximate surface area is 115 Å². The molecular formula is C13H13ClN4O. The maximum Gasteiger partial charge on any atom is 0.252 e. The third kappa shape index (κ3) is 2.66. The number of primary amides is 1. The summed E-state index contributed by atoms with van der Waals surface area (Å²) in [4.78, 5) is 15.5. The second-order valence-electron chi connectivity index (χ2n) is 4.12. The first-order valence-corrected chi connectivity index (χ1v) is 6.05. The summed E-state index contributed by atoms with van der Waals surface area (Å²) in [7, 11) is 0. The Hall–Kier alpha value is -2.14. The molecule has 2 rings (SSSR count). The van der Waals surface area contributed by atoms with Gasteiger partial charge in [-0.25, -0.2) is 0 Å². The van der Waals surface area contributed by atoms with Gasteiger partial charge in [-0.05, 0) is 25.1 Å². The zero-order valence-corrected chi connectivity index (χ0v) is 11.1. The molecule has 0 spiro atoms. The summed E-state index contributed by atoms with van der Waals surface area (Å²) in [6, 6.07) is 6.71. The van der Waals surface area contributed by atoms with Gasteiger partial charge >= 0.3 is 0 Å². The van der Waals surface area contributed by atoms with E-state index in [2.05, 4.69) is 4.98 Å². The minimum atomic E-state index is -0.672. The Morgan fingerprint density at radius 2 is 2.26 bits per heavy atom. The quantitative estimate of drug-likeness (QED) is 0.894. The summed E-state index contributed by atoms with van der Waals surface area (Å²) in [5.74, 6) is -0.672. The van der Waals surface area contributed by atoms with Crippen LogP contribution in [0, 0.1) is 5.41 Å². The normalized spacial score (nSPS) is 12.1. The summed E-state index contributed by atoms with van der Waals surface area (Å²) in [5.41, 5.74) is 6.14. The van der Waals surface area contributed by atoms with Gasteiger partial charge in [-0.15, -0.1) is 0 Å². The molecule has 0 aliphatic carbocycles. The van der Waals surface area contributed by atoms with Crippen molar-refractivity contribution in [1.29, 1.82) is 5.41 Å². The molecule has 0 aliphatic heterocycles. The molecule has 1 atom stereocenters. The van der Waals surface area contributed by atoms with Crippen LogP contribution in [0.4, 0.5) is 0 Å². The number of hydrogen-bond acceptors (Lipinski definition) is 3. The molecule has 1 amide bonds. The van der Waals surface area contributed by atoms with Crippen molar-refractivity contribution in [3.8, 4) is 0 Å². The minimum Gasteiger partial charge on any atom is -0.365 e. The molecular weight excluding hydrogens is 264 g/mol. The van der Waals surface area contributed by atoms with E-state index in [1.165, 1.54) is 6.07 Å². The Bertz CT molecular complexity index is 666. The van der Waals surface area contributed by atoms with Gasteiger partial charge in [0.25, 0.3) is 5.91 Å². The highest BCUT2D eigenvalue weighted by molar-refractivity contribution is 6.30. The van der Waals surface area contributed by atoms with E-state index < -0.39 is 5.91 Å². The van der Waals surface area contributed by atoms with E-state index in [4.69, 9.17) is 22.7 Å². The number of carbonyl (C=O) groups excluding carboxylic acids is 1. The average molecular weight is 277 g/mol. The SMILES string of the molecule is CC(c1ccccn1)n1cc(Cl)cc(C(N)=O)c1=N. The second kappa shape index (κ2) is 5.24. The lowest BCUT2D eigenvalue weighted by Gasteiger charge is -2.17. The standard InChI is InChI=1S/C13H13ClN4O/c1-8(11-4-2-3-5-17-11)18-7-9(14)6-10(12(18)15)13(16)19/h2-8,15H,1H3,(H2,16,19). The maximum atomic E-state index is 11.3. The summed E-state index contributed by atoms with van der Waals surface area (Å²) < 4.78 is 1.57. The molecule has 1 unspecified atom stereocenters. The van der Waals surface area contributed by atoms with E-state index in [0.29, 0.717) is 5.02 Å². The minimum absolute atomic E-state index is 0.0232. The molecule has 0 fully saturated rings. The molecule has 0 saturated heterocycles. The monoisotopic (exact) mass is 276 g/mol. The van der Waals surface area contributed by atoms with Crippen molar-refractivity contribution in [2.75, 3.05) is 0 Å². The molecule has 0 saturated carbocycles. The predicted molar refractivity (Wildman–Crippen MR) is 71.9 cm³/mol. The number of nitrogens with zero attached hydrogens (tertiary/aromatic N) is 2. The lowest BCUT2D eigenvalue weighted by Crippen LogP contribution is -2.31. The van der Waals surface area contributed by atoms with Gasteiger partial charge in [-0.1, -0.05) is 17.7 Å². The second-order valence-corrected chi connectivity index (χ2v) is 4.56. The third-order valence-corrected chi connectivity index (χ3v) is 3.06. The first kappa shape index (κ1) is 13.3. The first-order chi connectivity index (χ1) is 9.00. The molecule has 2 aromatic heterocycles. The van der Waals surface area contributed by atoms with E-state index in [1.807, 2.05) is 25.1 Å². The Balaban J connectivity index is 2.57. The predicted octanol–water partition coefficient (Wildman–Crippen LogP) is 1.72. The number of amides is 1. The number of nitrogens with one attached hydrogen (secondary N) is 1. The molecule has 19 heavy (non-hydrogen) atoms. The van der Waals surface area contributed by atoms with Gasteiger partial charge in [0, 0.05) is 12.4 Å². The summed E-state index contributed by atoms with van der Waals surface area (Å²) >= 11 is 5.97. The number of halogens is 1. The topological polar surface area (TPSA) is 84.8 Å². The fraction of sp³-hybridized carbons (Fsp3) is 0.154. The van der Waals surface area contributed by atoms with E-state index in [0.717, 1.165) is 5.69 Å². The van der Waals surface area contributed by atoms with Crippen LogP contribution in [0.1, 0.15) is 29.0 Å². The van der Waals surface area contributed by atoms with Gasteiger partial charge in [0.1, 0.15) is 5.49 Å². The van der Waals surface area contributed by atoms with Crippen LogP contribution >= 0.6 is 11.6 Å². The highest BCUT2D eigenvalue weighted by atomic mass is 35.5. The average Bonchev–Trinajstić information content (AvgIpc) is 2.41. The molecule has 2 heterocycles. The van der Waals surface area contributed by atoms with Crippen LogP contribution in [0.25, 0.3) is 0 Å². The van der Waals surface area contributed by atoms with Crippen molar-refractivity contribution in [1.82, 2.24) is 9.55 Å². The zero-order valence-electron chi connectivity index (χ0n) is 10.3. The molecule has 0 radical (unpaired) electrons. The van der Waals surface area contributed by atoms with Crippen molar-refractivity contribution in [3.63, 3.8) is 0 Å². The molecule has 98 valence electrons. The van der Waals surface area contributed by atoms with E-state index >= 15 is 0 Å². The Morgan fingerprint density at radius 3 is 2.84 bits per heavy atom. The molecule has 2 aromatic rings. The largest absolute Gasteiger partial charge is 0.365 e.